The number of hydrogen-bond acceptors (Lipinski definition) is 4. The highest BCUT2D eigenvalue weighted by Crippen LogP contribution is 2.30. The molecule has 19 heavy (non-hydrogen) atoms. The molecule has 0 bridgehead atoms. The first-order valence-corrected chi connectivity index (χ1v) is 6.74. The number of aliphatic hydroxyl groups is 1. The van der Waals surface area contributed by atoms with E-state index >= 15 is 0 Å². The van der Waals surface area contributed by atoms with E-state index in [2.05, 4.69) is 0 Å². The Bertz CT molecular complexity index is 382. The van der Waals surface area contributed by atoms with Crippen LogP contribution < -0.4 is 10.5 Å². The Morgan fingerprint density at radius 3 is 2.68 bits per heavy atom. The molecule has 2 atom stereocenters. The molecular weight excluding hydrogens is 242 g/mol. The van der Waals surface area contributed by atoms with E-state index in [1.165, 1.54) is 0 Å². The molecule has 1 aromatic rings. The summed E-state index contributed by atoms with van der Waals surface area (Å²) >= 11 is 0. The Morgan fingerprint density at radius 1 is 1.37 bits per heavy atom. The molecule has 2 unspecified atom stereocenters. The van der Waals surface area contributed by atoms with Crippen LogP contribution in [0.2, 0.25) is 0 Å². The Labute approximate surface area is 115 Å². The van der Waals surface area contributed by atoms with Crippen molar-refractivity contribution in [2.75, 3.05) is 26.9 Å². The van der Waals surface area contributed by atoms with Crippen molar-refractivity contribution < 1.29 is 14.6 Å². The lowest BCUT2D eigenvalue weighted by molar-refractivity contribution is 0.0747. The molecule has 0 radical (unpaired) electrons. The Morgan fingerprint density at radius 2 is 2.11 bits per heavy atom. The summed E-state index contributed by atoms with van der Waals surface area (Å²) in [4.78, 5) is 0. The minimum Gasteiger partial charge on any atom is -0.496 e. The topological polar surface area (TPSA) is 64.7 Å². The lowest BCUT2D eigenvalue weighted by atomic mass is 9.90. The molecule has 0 heterocycles. The van der Waals surface area contributed by atoms with Gasteiger partial charge >= 0.3 is 0 Å². The molecule has 0 saturated carbocycles. The van der Waals surface area contributed by atoms with Crippen LogP contribution in [0.25, 0.3) is 0 Å². The normalized spacial score (nSPS) is 14.2. The van der Waals surface area contributed by atoms with Crippen LogP contribution in [-0.2, 0) is 4.74 Å². The zero-order chi connectivity index (χ0) is 14.3. The molecule has 0 amide bonds. The summed E-state index contributed by atoms with van der Waals surface area (Å²) < 4.78 is 10.6. The summed E-state index contributed by atoms with van der Waals surface area (Å²) in [5, 5.41) is 10.3. The first-order valence-electron chi connectivity index (χ1n) is 6.74. The fraction of sp³-hybridized carbons (Fsp3) is 0.600. The highest BCUT2D eigenvalue weighted by atomic mass is 16.5. The van der Waals surface area contributed by atoms with E-state index in [-0.39, 0.29) is 5.92 Å². The minimum atomic E-state index is -0.521. The standard InChI is InChI=1S/C15H25NO3/c1-4-19-8-7-14(17)13(10-16)12-9-11(2)5-6-15(12)18-3/h5-6,9,13-14,17H,4,7-8,10,16H2,1-3H3. The SMILES string of the molecule is CCOCCC(O)C(CN)c1cc(C)ccc1OC. The van der Waals surface area contributed by atoms with Crippen molar-refractivity contribution in [3.05, 3.63) is 29.3 Å². The summed E-state index contributed by atoms with van der Waals surface area (Å²) in [6.45, 7) is 5.54. The van der Waals surface area contributed by atoms with Gasteiger partial charge in [0.1, 0.15) is 5.75 Å². The zero-order valence-electron chi connectivity index (χ0n) is 12.1. The van der Waals surface area contributed by atoms with E-state index in [4.69, 9.17) is 15.2 Å². The molecule has 0 aliphatic carbocycles. The maximum atomic E-state index is 10.3. The van der Waals surface area contributed by atoms with Gasteiger partial charge in [-0.25, -0.2) is 0 Å². The minimum absolute atomic E-state index is 0.129. The van der Waals surface area contributed by atoms with E-state index in [9.17, 15) is 5.11 Å². The van der Waals surface area contributed by atoms with Crippen molar-refractivity contribution >= 4 is 0 Å². The molecule has 0 aliphatic heterocycles. The Hall–Kier alpha value is -1.10. The second kappa shape index (κ2) is 8.15. The fourth-order valence-electron chi connectivity index (χ4n) is 2.18. The van der Waals surface area contributed by atoms with Gasteiger partial charge in [-0.3, -0.25) is 0 Å². The molecule has 0 saturated heterocycles. The van der Waals surface area contributed by atoms with Crippen LogP contribution in [0.4, 0.5) is 0 Å². The predicted octanol–water partition coefficient (Wildman–Crippen LogP) is 1.83. The molecule has 4 heteroatoms. The first kappa shape index (κ1) is 16.0. The lowest BCUT2D eigenvalue weighted by Crippen LogP contribution is -2.27. The second-order valence-corrected chi connectivity index (χ2v) is 4.64. The number of rotatable bonds is 8. The largest absolute Gasteiger partial charge is 0.496 e. The van der Waals surface area contributed by atoms with Crippen molar-refractivity contribution in [3.63, 3.8) is 0 Å². The summed E-state index contributed by atoms with van der Waals surface area (Å²) in [7, 11) is 1.63. The fourth-order valence-corrected chi connectivity index (χ4v) is 2.18. The lowest BCUT2D eigenvalue weighted by Gasteiger charge is -2.24. The van der Waals surface area contributed by atoms with Crippen LogP contribution in [0.15, 0.2) is 18.2 Å². The summed E-state index contributed by atoms with van der Waals surface area (Å²) in [5.74, 6) is 0.645. The van der Waals surface area contributed by atoms with Gasteiger partial charge in [0.25, 0.3) is 0 Å². The molecule has 108 valence electrons. The first-order chi connectivity index (χ1) is 9.13. The number of nitrogens with two attached hydrogens (primary N) is 1. The molecule has 3 N–H and O–H groups in total. The number of benzene rings is 1. The third kappa shape index (κ3) is 4.49. The smallest absolute Gasteiger partial charge is 0.122 e. The van der Waals surface area contributed by atoms with Crippen LogP contribution in [0.5, 0.6) is 5.75 Å². The van der Waals surface area contributed by atoms with Gasteiger partial charge in [-0.15, -0.1) is 0 Å². The van der Waals surface area contributed by atoms with E-state index in [0.29, 0.717) is 26.2 Å². The average molecular weight is 267 g/mol. The molecule has 1 rings (SSSR count). The predicted molar refractivity (Wildman–Crippen MR) is 76.6 cm³/mol. The quantitative estimate of drug-likeness (QED) is 0.705. The van der Waals surface area contributed by atoms with Crippen LogP contribution in [-0.4, -0.2) is 38.1 Å². The molecular formula is C15H25NO3. The number of ether oxygens (including phenoxy) is 2. The van der Waals surface area contributed by atoms with Crippen LogP contribution >= 0.6 is 0 Å². The highest BCUT2D eigenvalue weighted by molar-refractivity contribution is 5.40. The van der Waals surface area contributed by atoms with Crippen LogP contribution in [0.3, 0.4) is 0 Å². The molecule has 0 fully saturated rings. The number of methoxy groups -OCH3 is 1. The molecule has 4 nitrogen and oxygen atoms in total. The summed E-state index contributed by atoms with van der Waals surface area (Å²) in [6.07, 6.45) is 0.0551. The summed E-state index contributed by atoms with van der Waals surface area (Å²) in [5.41, 5.74) is 7.92. The van der Waals surface area contributed by atoms with Gasteiger partial charge in [-0.2, -0.15) is 0 Å². The zero-order valence-corrected chi connectivity index (χ0v) is 12.1. The average Bonchev–Trinajstić information content (AvgIpc) is 2.40. The van der Waals surface area contributed by atoms with E-state index in [0.717, 1.165) is 16.9 Å². The van der Waals surface area contributed by atoms with Crippen molar-refractivity contribution in [2.45, 2.75) is 32.3 Å². The maximum Gasteiger partial charge on any atom is 0.122 e. The monoisotopic (exact) mass is 267 g/mol. The van der Waals surface area contributed by atoms with Crippen LogP contribution in [0, 0.1) is 6.92 Å². The highest BCUT2D eigenvalue weighted by Gasteiger charge is 2.23. The van der Waals surface area contributed by atoms with Gasteiger partial charge in [0, 0.05) is 31.2 Å². The Kier molecular flexibility index (Phi) is 6.84. The van der Waals surface area contributed by atoms with Crippen molar-refractivity contribution in [1.29, 1.82) is 0 Å². The van der Waals surface area contributed by atoms with Crippen molar-refractivity contribution in [3.8, 4) is 5.75 Å². The number of aryl methyl sites for hydroxylation is 1. The van der Waals surface area contributed by atoms with E-state index < -0.39 is 6.10 Å². The van der Waals surface area contributed by atoms with Gasteiger partial charge in [-0.05, 0) is 26.3 Å². The van der Waals surface area contributed by atoms with Gasteiger partial charge in [0.05, 0.1) is 13.2 Å². The molecule has 0 aromatic heterocycles. The third-order valence-electron chi connectivity index (χ3n) is 3.27. The molecule has 0 aliphatic rings. The van der Waals surface area contributed by atoms with Crippen molar-refractivity contribution in [2.24, 2.45) is 5.73 Å². The maximum absolute atomic E-state index is 10.3. The number of aliphatic hydroxyl groups excluding tert-OH is 1. The van der Waals surface area contributed by atoms with Gasteiger partial charge in [0.15, 0.2) is 0 Å². The van der Waals surface area contributed by atoms with Gasteiger partial charge < -0.3 is 20.3 Å². The van der Waals surface area contributed by atoms with Gasteiger partial charge in [0.2, 0.25) is 0 Å². The third-order valence-corrected chi connectivity index (χ3v) is 3.27. The second-order valence-electron chi connectivity index (χ2n) is 4.64. The number of hydrogen-bond donors (Lipinski definition) is 2. The molecule has 1 aromatic carbocycles. The van der Waals surface area contributed by atoms with Gasteiger partial charge in [-0.1, -0.05) is 17.7 Å². The van der Waals surface area contributed by atoms with E-state index in [1.807, 2.05) is 32.0 Å². The van der Waals surface area contributed by atoms with Crippen molar-refractivity contribution in [1.82, 2.24) is 0 Å². The van der Waals surface area contributed by atoms with E-state index in [1.54, 1.807) is 7.11 Å². The Balaban J connectivity index is 2.86. The summed E-state index contributed by atoms with van der Waals surface area (Å²) in [6, 6.07) is 5.94. The van der Waals surface area contributed by atoms with Crippen LogP contribution in [0.1, 0.15) is 30.4 Å². The molecule has 0 spiro atoms.